The van der Waals surface area contributed by atoms with Gasteiger partial charge in [-0.05, 0) is 19.3 Å². The van der Waals surface area contributed by atoms with Crippen LogP contribution in [-0.2, 0) is 58.2 Å². The molecule has 0 unspecified atom stereocenters. The fourth-order valence-corrected chi connectivity index (χ4v) is 20.2. The van der Waals surface area contributed by atoms with Crippen LogP contribution < -0.4 is 88.1 Å². The van der Waals surface area contributed by atoms with Gasteiger partial charge in [-0.2, -0.15) is 0 Å². The SMILES string of the molecule is CCCCCCCC(P(=O)([O-])[O-])(P(=O)([O-])[O-])P(=O)([O-])[O-].CCCCCCCC(P(=O)([O-])[O-])(P(=O)([O-])[O-])P(=O)([O-])[O-].CCCCCCCC(P(=O)([O-])[O-])(P(=O)([O-])[O-])P(=O)([O-])[O-].[Fe+3]. The molecule has 0 N–H and O–H groups in total. The summed E-state index contributed by atoms with van der Waals surface area (Å²) in [4.78, 5) is 198. The molecule has 27 nitrogen and oxygen atoms in total. The van der Waals surface area contributed by atoms with Gasteiger partial charge in [0.2, 0.25) is 0 Å². The van der Waals surface area contributed by atoms with Crippen molar-refractivity contribution in [1.29, 1.82) is 0 Å². The Morgan fingerprint density at radius 1 is 0.246 bits per heavy atom. The Hall–Kier alpha value is 1.87. The first-order valence-corrected chi connectivity index (χ1v) is 31.5. The van der Waals surface area contributed by atoms with E-state index in [4.69, 9.17) is 0 Å². The molecule has 0 atom stereocenters. The number of rotatable bonds is 27. The fraction of sp³-hybridized carbons (Fsp3) is 1.00. The van der Waals surface area contributed by atoms with E-state index in [0.717, 1.165) is 38.5 Å². The molecule has 0 fully saturated rings. The molecular formula is C24H45FeO27P9-15. The van der Waals surface area contributed by atoms with E-state index >= 15 is 0 Å². The Balaban J connectivity index is -0.000000396. The van der Waals surface area contributed by atoms with Gasteiger partial charge in [0.05, 0.1) is 13.9 Å². The van der Waals surface area contributed by atoms with Crippen molar-refractivity contribution in [2.45, 2.75) is 150 Å². The van der Waals surface area contributed by atoms with E-state index in [-0.39, 0.29) is 55.6 Å². The summed E-state index contributed by atoms with van der Waals surface area (Å²) in [7, 11) is -58.3. The molecule has 0 rings (SSSR count). The molecule has 37 heteroatoms. The summed E-state index contributed by atoms with van der Waals surface area (Å²) in [6.45, 7) is 5.59. The molecule has 0 bridgehead atoms. The van der Waals surface area contributed by atoms with Gasteiger partial charge in [-0.15, -0.1) is 0 Å². The molecule has 61 heavy (non-hydrogen) atoms. The summed E-state index contributed by atoms with van der Waals surface area (Å²) in [5.41, 5.74) is 0. The van der Waals surface area contributed by atoms with Crippen LogP contribution in [0.25, 0.3) is 0 Å². The largest absolute Gasteiger partial charge is 3.00 e. The minimum Gasteiger partial charge on any atom is -0.810 e. The zero-order chi connectivity index (χ0) is 48.7. The van der Waals surface area contributed by atoms with E-state index < -0.39 is 102 Å². The Morgan fingerprint density at radius 3 is 0.459 bits per heavy atom. The Morgan fingerprint density at radius 2 is 0.361 bits per heavy atom. The quantitative estimate of drug-likeness (QED) is 0.0419. The minimum absolute atomic E-state index is 0. The summed E-state index contributed by atoms with van der Waals surface area (Å²) >= 11 is 0. The van der Waals surface area contributed by atoms with Crippen LogP contribution in [0.2, 0.25) is 0 Å². The van der Waals surface area contributed by atoms with Crippen LogP contribution in [0.4, 0.5) is 0 Å². The van der Waals surface area contributed by atoms with Crippen LogP contribution >= 0.6 is 68.4 Å². The molecule has 0 aromatic heterocycles. The van der Waals surface area contributed by atoms with Crippen LogP contribution in [0.5, 0.6) is 0 Å². The van der Waals surface area contributed by atoms with Crippen molar-refractivity contribution in [2.75, 3.05) is 0 Å². The van der Waals surface area contributed by atoms with Crippen molar-refractivity contribution in [2.24, 2.45) is 0 Å². The van der Waals surface area contributed by atoms with Crippen molar-refractivity contribution >= 4 is 68.4 Å². The normalized spacial score (nSPS) is 14.3. The fourth-order valence-electron chi connectivity index (χ4n) is 5.48. The van der Waals surface area contributed by atoms with Gasteiger partial charge in [0.25, 0.3) is 0 Å². The summed E-state index contributed by atoms with van der Waals surface area (Å²) in [5, 5.41) is 0. The van der Waals surface area contributed by atoms with Crippen molar-refractivity contribution in [3.8, 4) is 0 Å². The monoisotopic (exact) mass is 1100 g/mol. The summed E-state index contributed by atoms with van der Waals surface area (Å²) in [6.07, 6.45) is 1.82. The third-order valence-corrected chi connectivity index (χ3v) is 31.9. The average molecular weight is 1100 g/mol. The summed E-state index contributed by atoms with van der Waals surface area (Å²) < 4.78 is 86.0. The van der Waals surface area contributed by atoms with E-state index in [1.54, 1.807) is 0 Å². The number of unbranched alkanes of at least 4 members (excludes halogenated alkanes) is 12. The third-order valence-electron chi connectivity index (χ3n) is 8.79. The van der Waals surface area contributed by atoms with Crippen molar-refractivity contribution < 1.29 is 146 Å². The molecule has 0 saturated carbocycles. The van der Waals surface area contributed by atoms with E-state index in [1.165, 1.54) is 0 Å². The second kappa shape index (κ2) is 27.2. The van der Waals surface area contributed by atoms with E-state index in [0.29, 0.717) is 19.3 Å². The molecular weight excluding hydrogens is 1050 g/mol. The maximum absolute atomic E-state index is 11.0. The minimum atomic E-state index is -6.48. The molecule has 371 valence electrons. The van der Waals surface area contributed by atoms with Gasteiger partial charge in [0, 0.05) is 0 Å². The van der Waals surface area contributed by atoms with Gasteiger partial charge in [-0.3, -0.25) is 0 Å². The van der Waals surface area contributed by atoms with Crippen molar-refractivity contribution in [1.82, 2.24) is 0 Å². The summed E-state index contributed by atoms with van der Waals surface area (Å²) in [5.74, 6) is 0. The number of hydrogen-bond donors (Lipinski definition) is 0. The number of hydrogen-bond acceptors (Lipinski definition) is 27. The standard InChI is InChI=1S/3C8H21O9P3.Fe/c3*1-2-3-4-5-6-7-8(18(9,10)11,19(12,13)14)20(15,16)17;/h3*2-7H2,1H3,(H2,9,10,11)(H2,12,13,14)(H2,15,16,17);/q;;;+3/p-18. The maximum atomic E-state index is 11.0. The predicted molar refractivity (Wildman–Crippen MR) is 177 cm³/mol. The molecule has 0 amide bonds. The molecule has 1 radical (unpaired) electrons. The van der Waals surface area contributed by atoms with E-state index in [1.807, 2.05) is 20.8 Å². The predicted octanol–water partition coefficient (Wildman–Crippen LogP) is -6.78. The molecule has 0 aromatic carbocycles. The van der Waals surface area contributed by atoms with Gasteiger partial charge in [-0.1, -0.05) is 185 Å². The van der Waals surface area contributed by atoms with Crippen LogP contribution in [0, 0.1) is 0 Å². The van der Waals surface area contributed by atoms with Crippen molar-refractivity contribution in [3.63, 3.8) is 0 Å². The Labute approximate surface area is 363 Å². The maximum Gasteiger partial charge on any atom is 3.00 e. The second-order valence-corrected chi connectivity index (χ2v) is 32.3. The van der Waals surface area contributed by atoms with Crippen LogP contribution in [0.3, 0.4) is 0 Å². The van der Waals surface area contributed by atoms with Gasteiger partial charge < -0.3 is 129 Å². The summed E-state index contributed by atoms with van der Waals surface area (Å²) in [6, 6.07) is 0. The third kappa shape index (κ3) is 19.4. The first-order valence-electron chi connectivity index (χ1n) is 17.6. The molecule has 0 spiro atoms. The molecule has 0 aromatic rings. The van der Waals surface area contributed by atoms with Gasteiger partial charge in [0.1, 0.15) is 0 Å². The molecule has 0 saturated heterocycles. The van der Waals surface area contributed by atoms with Crippen molar-refractivity contribution in [3.05, 3.63) is 0 Å². The molecule has 0 heterocycles. The average Bonchev–Trinajstić information content (AvgIpc) is 2.97. The zero-order valence-electron chi connectivity index (χ0n) is 32.6. The van der Waals surface area contributed by atoms with Crippen LogP contribution in [0.15, 0.2) is 0 Å². The molecule has 0 aliphatic carbocycles. The molecule has 0 aliphatic heterocycles. The van der Waals surface area contributed by atoms with E-state index in [2.05, 4.69) is 0 Å². The molecule has 0 aliphatic rings. The van der Waals surface area contributed by atoms with Gasteiger partial charge >= 0.3 is 17.1 Å². The first-order chi connectivity index (χ1) is 26.4. The van der Waals surface area contributed by atoms with E-state index in [9.17, 15) is 129 Å². The zero-order valence-corrected chi connectivity index (χ0v) is 41.8. The van der Waals surface area contributed by atoms with Crippen LogP contribution in [0.1, 0.15) is 136 Å². The Kier molecular flexibility index (Phi) is 30.9. The topological polar surface area (TPSA) is 569 Å². The van der Waals surface area contributed by atoms with Gasteiger partial charge in [-0.25, -0.2) is 0 Å². The smallest absolute Gasteiger partial charge is 0.810 e. The van der Waals surface area contributed by atoms with Crippen LogP contribution in [-0.4, -0.2) is 13.9 Å². The first kappa shape index (κ1) is 69.4. The Bertz CT molecular complexity index is 1370. The van der Waals surface area contributed by atoms with Gasteiger partial charge in [0.15, 0.2) is 0 Å². The second-order valence-electron chi connectivity index (χ2n) is 13.3.